The average Bonchev–Trinajstić information content (AvgIpc) is 2.58. The van der Waals surface area contributed by atoms with Gasteiger partial charge in [-0.25, -0.2) is 4.79 Å². The van der Waals surface area contributed by atoms with E-state index in [2.05, 4.69) is 5.32 Å². The third-order valence-corrected chi connectivity index (χ3v) is 4.68. The van der Waals surface area contributed by atoms with Gasteiger partial charge in [-0.1, -0.05) is 37.3 Å². The van der Waals surface area contributed by atoms with Crippen LogP contribution in [0.3, 0.4) is 0 Å². The number of nitrogens with one attached hydrogen (secondary N) is 1. The van der Waals surface area contributed by atoms with E-state index in [0.717, 1.165) is 18.4 Å². The number of hydrogen-bond acceptors (Lipinski definition) is 5. The Hall–Kier alpha value is -1.49. The molecule has 0 aromatic heterocycles. The zero-order valence-corrected chi connectivity index (χ0v) is 15.2. The molecule has 7 heteroatoms. The summed E-state index contributed by atoms with van der Waals surface area (Å²) in [6.45, 7) is 4.80. The molecule has 0 saturated carbocycles. The van der Waals surface area contributed by atoms with Crippen molar-refractivity contribution in [1.29, 1.82) is 0 Å². The van der Waals surface area contributed by atoms with Crippen LogP contribution in [0.15, 0.2) is 30.3 Å². The van der Waals surface area contributed by atoms with Crippen LogP contribution >= 0.6 is 8.03 Å². The molecule has 0 bridgehead atoms. The summed E-state index contributed by atoms with van der Waals surface area (Å²) in [7, 11) is -2.01. The summed E-state index contributed by atoms with van der Waals surface area (Å²) < 4.78 is 21.5. The SMILES string of the molecule is CCO[P+](=O)C(O)CC(C)CCCNC(=O)OCc1ccccc1. The number of carbonyl (C=O) groups excluding carboxylic acids is 1. The third kappa shape index (κ3) is 8.96. The van der Waals surface area contributed by atoms with Gasteiger partial charge in [0, 0.05) is 13.0 Å². The van der Waals surface area contributed by atoms with E-state index in [0.29, 0.717) is 19.6 Å². The van der Waals surface area contributed by atoms with Crippen molar-refractivity contribution in [2.75, 3.05) is 13.2 Å². The Labute approximate surface area is 144 Å². The summed E-state index contributed by atoms with van der Waals surface area (Å²) in [6, 6.07) is 9.49. The molecule has 0 aliphatic heterocycles. The molecule has 0 spiro atoms. The second-order valence-corrected chi connectivity index (χ2v) is 7.08. The second kappa shape index (κ2) is 12.0. The van der Waals surface area contributed by atoms with Crippen molar-refractivity contribution < 1.29 is 23.7 Å². The van der Waals surface area contributed by atoms with Crippen LogP contribution < -0.4 is 5.32 Å². The van der Waals surface area contributed by atoms with Crippen molar-refractivity contribution in [2.24, 2.45) is 5.92 Å². The van der Waals surface area contributed by atoms with Crippen molar-refractivity contribution in [1.82, 2.24) is 5.32 Å². The van der Waals surface area contributed by atoms with Crippen LogP contribution in [0.25, 0.3) is 0 Å². The first-order chi connectivity index (χ1) is 11.5. The van der Waals surface area contributed by atoms with Crippen LogP contribution in [0.4, 0.5) is 4.79 Å². The lowest BCUT2D eigenvalue weighted by Gasteiger charge is -2.11. The van der Waals surface area contributed by atoms with Gasteiger partial charge in [0.2, 0.25) is 0 Å². The Kier molecular flexibility index (Phi) is 10.2. The molecule has 0 fully saturated rings. The van der Waals surface area contributed by atoms with Gasteiger partial charge in [-0.3, -0.25) is 0 Å². The molecule has 3 unspecified atom stereocenters. The quantitative estimate of drug-likeness (QED) is 0.465. The molecular formula is C17H27NO5P+. The summed E-state index contributed by atoms with van der Waals surface area (Å²) in [6.07, 6.45) is 1.56. The Balaban J connectivity index is 2.09. The van der Waals surface area contributed by atoms with Gasteiger partial charge in [0.15, 0.2) is 0 Å². The highest BCUT2D eigenvalue weighted by Gasteiger charge is 2.31. The molecule has 1 rings (SSSR count). The normalized spacial score (nSPS) is 13.9. The number of carbonyl (C=O) groups is 1. The fourth-order valence-corrected chi connectivity index (χ4v) is 3.15. The number of aliphatic hydroxyl groups is 1. The van der Waals surface area contributed by atoms with E-state index in [1.807, 2.05) is 37.3 Å². The molecular weight excluding hydrogens is 329 g/mol. The van der Waals surface area contributed by atoms with Crippen LogP contribution in [-0.4, -0.2) is 30.2 Å². The highest BCUT2D eigenvalue weighted by Crippen LogP contribution is 2.32. The smallest absolute Gasteiger partial charge is 0.445 e. The first-order valence-corrected chi connectivity index (χ1v) is 9.49. The van der Waals surface area contributed by atoms with Crippen LogP contribution in [0.1, 0.15) is 38.7 Å². The monoisotopic (exact) mass is 356 g/mol. The minimum Gasteiger partial charge on any atom is -0.445 e. The minimum atomic E-state index is -2.01. The third-order valence-electron chi connectivity index (χ3n) is 3.47. The topological polar surface area (TPSA) is 84.9 Å². The maximum atomic E-state index is 11.6. The number of benzene rings is 1. The first-order valence-electron chi connectivity index (χ1n) is 8.24. The Morgan fingerprint density at radius 1 is 1.33 bits per heavy atom. The maximum absolute atomic E-state index is 11.6. The molecule has 0 aliphatic rings. The second-order valence-electron chi connectivity index (χ2n) is 5.66. The Morgan fingerprint density at radius 3 is 2.71 bits per heavy atom. The van der Waals surface area contributed by atoms with Gasteiger partial charge in [-0.05, 0) is 35.8 Å². The molecule has 1 aromatic rings. The summed E-state index contributed by atoms with van der Waals surface area (Å²) in [5.74, 6) is -0.736. The molecule has 1 aromatic carbocycles. The van der Waals surface area contributed by atoms with Gasteiger partial charge in [0.25, 0.3) is 5.85 Å². The van der Waals surface area contributed by atoms with Crippen LogP contribution in [0.2, 0.25) is 0 Å². The number of amides is 1. The van der Waals surface area contributed by atoms with Gasteiger partial charge < -0.3 is 15.2 Å². The highest BCUT2D eigenvalue weighted by atomic mass is 31.1. The Bertz CT molecular complexity index is 497. The van der Waals surface area contributed by atoms with E-state index in [1.54, 1.807) is 6.92 Å². The fraction of sp³-hybridized carbons (Fsp3) is 0.588. The molecule has 1 amide bonds. The lowest BCUT2D eigenvalue weighted by Crippen LogP contribution is -2.25. The van der Waals surface area contributed by atoms with Crippen LogP contribution in [0.5, 0.6) is 0 Å². The first kappa shape index (κ1) is 20.6. The summed E-state index contributed by atoms with van der Waals surface area (Å²) in [5.41, 5.74) is 0.943. The van der Waals surface area contributed by atoms with E-state index in [-0.39, 0.29) is 12.5 Å². The number of aliphatic hydroxyl groups excluding tert-OH is 1. The molecule has 134 valence electrons. The zero-order valence-electron chi connectivity index (χ0n) is 14.3. The molecule has 6 nitrogen and oxygen atoms in total. The lowest BCUT2D eigenvalue weighted by atomic mass is 10.0. The van der Waals surface area contributed by atoms with Crippen molar-refractivity contribution in [3.63, 3.8) is 0 Å². The molecule has 24 heavy (non-hydrogen) atoms. The van der Waals surface area contributed by atoms with Crippen molar-refractivity contribution in [3.8, 4) is 0 Å². The number of rotatable bonds is 11. The maximum Gasteiger partial charge on any atom is 0.540 e. The number of hydrogen-bond donors (Lipinski definition) is 2. The highest BCUT2D eigenvalue weighted by molar-refractivity contribution is 7.39. The predicted octanol–water partition coefficient (Wildman–Crippen LogP) is 3.82. The molecule has 2 N–H and O–H groups in total. The zero-order chi connectivity index (χ0) is 17.8. The van der Waals surface area contributed by atoms with E-state index < -0.39 is 20.0 Å². The van der Waals surface area contributed by atoms with Gasteiger partial charge >= 0.3 is 14.1 Å². The largest absolute Gasteiger partial charge is 0.540 e. The number of ether oxygens (including phenoxy) is 1. The molecule has 3 atom stereocenters. The fourth-order valence-electron chi connectivity index (χ4n) is 2.19. The summed E-state index contributed by atoms with van der Waals surface area (Å²) in [4.78, 5) is 11.6. The van der Waals surface area contributed by atoms with Crippen LogP contribution in [-0.2, 0) is 20.4 Å². The van der Waals surface area contributed by atoms with Crippen molar-refractivity contribution >= 4 is 14.1 Å². The van der Waals surface area contributed by atoms with Gasteiger partial charge in [-0.2, -0.15) is 0 Å². The Morgan fingerprint density at radius 2 is 2.04 bits per heavy atom. The van der Waals surface area contributed by atoms with Gasteiger partial charge in [0.05, 0.1) is 6.61 Å². The summed E-state index contributed by atoms with van der Waals surface area (Å²) >= 11 is 0. The molecule has 0 aliphatic carbocycles. The lowest BCUT2D eigenvalue weighted by molar-refractivity contribution is 0.139. The van der Waals surface area contributed by atoms with Gasteiger partial charge in [0.1, 0.15) is 6.61 Å². The predicted molar refractivity (Wildman–Crippen MR) is 92.9 cm³/mol. The van der Waals surface area contributed by atoms with E-state index in [1.165, 1.54) is 0 Å². The summed E-state index contributed by atoms with van der Waals surface area (Å²) in [5, 5.41) is 12.4. The van der Waals surface area contributed by atoms with Gasteiger partial charge in [-0.15, -0.1) is 4.52 Å². The average molecular weight is 356 g/mol. The minimum absolute atomic E-state index is 0.196. The standard InChI is InChI=1S/C17H26NO5P/c1-3-23-24(21)16(19)12-14(2)8-7-11-18-17(20)22-13-15-9-5-4-6-10-15/h4-6,9-10,14,16,19H,3,7-8,11-13H2,1-2H3/p+1. The van der Waals surface area contributed by atoms with E-state index in [9.17, 15) is 14.5 Å². The molecule has 0 saturated heterocycles. The van der Waals surface area contributed by atoms with Crippen LogP contribution in [0, 0.1) is 5.92 Å². The number of alkyl carbamates (subject to hydrolysis) is 1. The van der Waals surface area contributed by atoms with Crippen molar-refractivity contribution in [3.05, 3.63) is 35.9 Å². The molecule has 0 radical (unpaired) electrons. The molecule has 0 heterocycles. The van der Waals surface area contributed by atoms with E-state index in [4.69, 9.17) is 9.26 Å². The van der Waals surface area contributed by atoms with Crippen molar-refractivity contribution in [2.45, 2.75) is 45.6 Å². The van der Waals surface area contributed by atoms with E-state index >= 15 is 0 Å².